The molecule has 2 N–H and O–H groups in total. The van der Waals surface area contributed by atoms with Crippen molar-refractivity contribution in [2.75, 3.05) is 19.8 Å². The van der Waals surface area contributed by atoms with Crippen molar-refractivity contribution in [3.63, 3.8) is 0 Å². The van der Waals surface area contributed by atoms with Crippen LogP contribution in [0.4, 0.5) is 4.39 Å². The van der Waals surface area contributed by atoms with E-state index in [1.165, 1.54) is 12.1 Å². The summed E-state index contributed by atoms with van der Waals surface area (Å²) in [7, 11) is 0. The Labute approximate surface area is 107 Å². The molecule has 0 amide bonds. The highest BCUT2D eigenvalue weighted by Gasteiger charge is 2.29. The van der Waals surface area contributed by atoms with Crippen LogP contribution < -0.4 is 5.32 Å². The maximum atomic E-state index is 13.1. The van der Waals surface area contributed by atoms with Gasteiger partial charge < -0.3 is 15.2 Å². The van der Waals surface area contributed by atoms with Crippen LogP contribution in [0.1, 0.15) is 24.0 Å². The van der Waals surface area contributed by atoms with Crippen molar-refractivity contribution >= 4 is 0 Å². The Balaban J connectivity index is 1.86. The molecule has 2 rings (SSSR count). The van der Waals surface area contributed by atoms with Crippen LogP contribution in [-0.4, -0.2) is 30.5 Å². The fourth-order valence-corrected chi connectivity index (χ4v) is 2.19. The first-order valence-electron chi connectivity index (χ1n) is 6.35. The molecule has 0 aromatic heterocycles. The highest BCUT2D eigenvalue weighted by molar-refractivity contribution is 5.26. The van der Waals surface area contributed by atoms with Gasteiger partial charge in [0, 0.05) is 39.1 Å². The lowest BCUT2D eigenvalue weighted by atomic mass is 9.94. The highest BCUT2D eigenvalue weighted by atomic mass is 19.1. The summed E-state index contributed by atoms with van der Waals surface area (Å²) in [6.07, 6.45) is 1.31. The van der Waals surface area contributed by atoms with E-state index >= 15 is 0 Å². The zero-order valence-corrected chi connectivity index (χ0v) is 10.7. The summed E-state index contributed by atoms with van der Waals surface area (Å²) < 4.78 is 18.3. The Bertz CT molecular complexity index is 403. The predicted molar refractivity (Wildman–Crippen MR) is 67.8 cm³/mol. The number of aliphatic hydroxyl groups is 1. The number of hydrogen-bond acceptors (Lipinski definition) is 3. The van der Waals surface area contributed by atoms with Gasteiger partial charge in [-0.15, -0.1) is 0 Å². The van der Waals surface area contributed by atoms with Crippen molar-refractivity contribution in [1.29, 1.82) is 0 Å². The van der Waals surface area contributed by atoms with Crippen LogP contribution in [0, 0.1) is 12.7 Å². The third-order valence-electron chi connectivity index (χ3n) is 3.50. The minimum atomic E-state index is -0.681. The Hall–Kier alpha value is -0.970. The number of hydrogen-bond donors (Lipinski definition) is 2. The van der Waals surface area contributed by atoms with E-state index < -0.39 is 5.60 Å². The molecule has 0 radical (unpaired) electrons. The smallest absolute Gasteiger partial charge is 0.123 e. The first-order chi connectivity index (χ1) is 8.59. The van der Waals surface area contributed by atoms with Crippen molar-refractivity contribution in [1.82, 2.24) is 5.32 Å². The van der Waals surface area contributed by atoms with Gasteiger partial charge in [-0.2, -0.15) is 0 Å². The maximum Gasteiger partial charge on any atom is 0.123 e. The number of nitrogens with one attached hydrogen (secondary N) is 1. The van der Waals surface area contributed by atoms with E-state index in [0.717, 1.165) is 11.1 Å². The second-order valence-corrected chi connectivity index (χ2v) is 5.01. The van der Waals surface area contributed by atoms with Crippen LogP contribution in [0.25, 0.3) is 0 Å². The van der Waals surface area contributed by atoms with E-state index in [1.807, 2.05) is 6.92 Å². The Morgan fingerprint density at radius 2 is 2.11 bits per heavy atom. The van der Waals surface area contributed by atoms with Crippen molar-refractivity contribution in [2.24, 2.45) is 0 Å². The molecular formula is C14H20FNO2. The summed E-state index contributed by atoms with van der Waals surface area (Å²) in [4.78, 5) is 0. The zero-order valence-electron chi connectivity index (χ0n) is 10.7. The summed E-state index contributed by atoms with van der Waals surface area (Å²) >= 11 is 0. The van der Waals surface area contributed by atoms with Gasteiger partial charge in [0.1, 0.15) is 5.82 Å². The van der Waals surface area contributed by atoms with Gasteiger partial charge in [0.2, 0.25) is 0 Å². The quantitative estimate of drug-likeness (QED) is 0.859. The minimum absolute atomic E-state index is 0.220. The standard InChI is InChI=1S/C14H20FNO2/c1-11-2-3-13(15)8-12(11)9-16-10-14(17)4-6-18-7-5-14/h2-3,8,16-17H,4-7,9-10H2,1H3. The fraction of sp³-hybridized carbons (Fsp3) is 0.571. The van der Waals surface area contributed by atoms with Gasteiger partial charge in [-0.1, -0.05) is 6.07 Å². The lowest BCUT2D eigenvalue weighted by molar-refractivity contribution is -0.0617. The molecule has 3 nitrogen and oxygen atoms in total. The third-order valence-corrected chi connectivity index (χ3v) is 3.50. The third kappa shape index (κ3) is 3.51. The van der Waals surface area contributed by atoms with E-state index in [-0.39, 0.29) is 5.82 Å². The second-order valence-electron chi connectivity index (χ2n) is 5.01. The number of ether oxygens (including phenoxy) is 1. The van der Waals surface area contributed by atoms with Gasteiger partial charge in [0.15, 0.2) is 0 Å². The van der Waals surface area contributed by atoms with Crippen LogP contribution in [0.3, 0.4) is 0 Å². The van der Waals surface area contributed by atoms with Crippen molar-refractivity contribution in [2.45, 2.75) is 31.9 Å². The average Bonchev–Trinajstić information content (AvgIpc) is 2.34. The lowest BCUT2D eigenvalue weighted by Gasteiger charge is -2.32. The van der Waals surface area contributed by atoms with Crippen LogP contribution in [0.15, 0.2) is 18.2 Å². The topological polar surface area (TPSA) is 41.5 Å². The Kier molecular flexibility index (Phi) is 4.32. The summed E-state index contributed by atoms with van der Waals surface area (Å²) in [5, 5.41) is 13.5. The molecule has 0 atom stereocenters. The molecule has 0 saturated carbocycles. The molecule has 0 aliphatic carbocycles. The van der Waals surface area contributed by atoms with Gasteiger partial charge in [-0.3, -0.25) is 0 Å². The van der Waals surface area contributed by atoms with Gasteiger partial charge >= 0.3 is 0 Å². The van der Waals surface area contributed by atoms with E-state index in [4.69, 9.17) is 4.74 Å². The molecule has 1 fully saturated rings. The molecule has 1 aliphatic rings. The van der Waals surface area contributed by atoms with Crippen molar-refractivity contribution < 1.29 is 14.2 Å². The zero-order chi connectivity index (χ0) is 13.0. The first kappa shape index (κ1) is 13.5. The largest absolute Gasteiger partial charge is 0.388 e. The fourth-order valence-electron chi connectivity index (χ4n) is 2.19. The minimum Gasteiger partial charge on any atom is -0.388 e. The molecule has 0 bridgehead atoms. The number of aryl methyl sites for hydroxylation is 1. The molecular weight excluding hydrogens is 233 g/mol. The van der Waals surface area contributed by atoms with Crippen LogP contribution in [-0.2, 0) is 11.3 Å². The maximum absolute atomic E-state index is 13.1. The van der Waals surface area contributed by atoms with Gasteiger partial charge in [0.05, 0.1) is 5.60 Å². The molecule has 1 aromatic carbocycles. The molecule has 4 heteroatoms. The molecule has 1 heterocycles. The molecule has 1 aromatic rings. The SMILES string of the molecule is Cc1ccc(F)cc1CNCC1(O)CCOCC1. The van der Waals surface area contributed by atoms with E-state index in [0.29, 0.717) is 39.1 Å². The first-order valence-corrected chi connectivity index (χ1v) is 6.35. The molecule has 1 saturated heterocycles. The predicted octanol–water partition coefficient (Wildman–Crippen LogP) is 1.77. The molecule has 18 heavy (non-hydrogen) atoms. The normalized spacial score (nSPS) is 18.8. The van der Waals surface area contributed by atoms with Crippen molar-refractivity contribution in [3.8, 4) is 0 Å². The van der Waals surface area contributed by atoms with Gasteiger partial charge in [0.25, 0.3) is 0 Å². The molecule has 0 spiro atoms. The average molecular weight is 253 g/mol. The summed E-state index contributed by atoms with van der Waals surface area (Å²) in [5.41, 5.74) is 1.31. The van der Waals surface area contributed by atoms with Crippen LogP contribution in [0.5, 0.6) is 0 Å². The molecule has 0 unspecified atom stereocenters. The highest BCUT2D eigenvalue weighted by Crippen LogP contribution is 2.19. The Morgan fingerprint density at radius 3 is 2.83 bits per heavy atom. The number of benzene rings is 1. The van der Waals surface area contributed by atoms with E-state index in [9.17, 15) is 9.50 Å². The van der Waals surface area contributed by atoms with Gasteiger partial charge in [-0.05, 0) is 30.2 Å². The van der Waals surface area contributed by atoms with Gasteiger partial charge in [-0.25, -0.2) is 4.39 Å². The summed E-state index contributed by atoms with van der Waals surface area (Å²) in [6, 6.07) is 4.77. The Morgan fingerprint density at radius 1 is 1.39 bits per heavy atom. The lowest BCUT2D eigenvalue weighted by Crippen LogP contribution is -2.44. The number of rotatable bonds is 4. The monoisotopic (exact) mass is 253 g/mol. The number of halogens is 1. The van der Waals surface area contributed by atoms with Crippen molar-refractivity contribution in [3.05, 3.63) is 35.1 Å². The van der Waals surface area contributed by atoms with Crippen LogP contribution in [0.2, 0.25) is 0 Å². The molecule has 1 aliphatic heterocycles. The van der Waals surface area contributed by atoms with E-state index in [2.05, 4.69) is 5.32 Å². The molecule has 100 valence electrons. The van der Waals surface area contributed by atoms with E-state index in [1.54, 1.807) is 6.07 Å². The van der Waals surface area contributed by atoms with Crippen LogP contribution >= 0.6 is 0 Å². The summed E-state index contributed by atoms with van der Waals surface area (Å²) in [6.45, 7) is 4.27. The second kappa shape index (κ2) is 5.78. The summed E-state index contributed by atoms with van der Waals surface area (Å²) in [5.74, 6) is -0.220.